The largest absolute Gasteiger partial charge is 0.497 e. The highest BCUT2D eigenvalue weighted by Gasteiger charge is 2.50. The van der Waals surface area contributed by atoms with Crippen LogP contribution in [0.25, 0.3) is 0 Å². The van der Waals surface area contributed by atoms with Crippen LogP contribution in [0.3, 0.4) is 0 Å². The quantitative estimate of drug-likeness (QED) is 0.565. The first kappa shape index (κ1) is 24.6. The number of aromatic nitrogens is 1. The lowest BCUT2D eigenvalue weighted by Crippen LogP contribution is -2.46. The predicted octanol–water partition coefficient (Wildman–Crippen LogP) is 4.01. The fraction of sp³-hybridized carbons (Fsp3) is 0.500. The van der Waals surface area contributed by atoms with E-state index in [2.05, 4.69) is 18.2 Å². The molecule has 3 amide bonds. The van der Waals surface area contributed by atoms with Crippen molar-refractivity contribution in [2.45, 2.75) is 52.6 Å². The third-order valence-electron chi connectivity index (χ3n) is 7.29. The molecule has 2 aliphatic rings. The Balaban J connectivity index is 1.64. The maximum Gasteiger partial charge on any atom is 0.325 e. The highest BCUT2D eigenvalue weighted by molar-refractivity contribution is 5.94. The summed E-state index contributed by atoms with van der Waals surface area (Å²) < 4.78 is 16.2. The van der Waals surface area contributed by atoms with Gasteiger partial charge in [-0.15, -0.1) is 0 Å². The molecule has 0 spiro atoms. The van der Waals surface area contributed by atoms with Crippen LogP contribution in [0.5, 0.6) is 11.5 Å². The number of benzene rings is 1. The molecule has 1 atom stereocenters. The number of methoxy groups -OCH3 is 2. The van der Waals surface area contributed by atoms with Crippen molar-refractivity contribution in [2.24, 2.45) is 0 Å². The molecule has 35 heavy (non-hydrogen) atoms. The van der Waals surface area contributed by atoms with Gasteiger partial charge >= 0.3 is 6.03 Å². The number of nitrogens with zero attached hydrogens (tertiary/aromatic N) is 4. The van der Waals surface area contributed by atoms with Crippen molar-refractivity contribution < 1.29 is 23.6 Å². The number of fused-ring (bicyclic) bond motifs is 2. The van der Waals surface area contributed by atoms with Crippen molar-refractivity contribution in [2.75, 3.05) is 33.9 Å². The molecule has 1 saturated heterocycles. The summed E-state index contributed by atoms with van der Waals surface area (Å²) in [4.78, 5) is 32.2. The number of aryl methyl sites for hydroxylation is 1. The van der Waals surface area contributed by atoms with Crippen LogP contribution < -0.4 is 9.47 Å². The van der Waals surface area contributed by atoms with Gasteiger partial charge in [0.05, 0.1) is 32.5 Å². The first-order valence-electron chi connectivity index (χ1n) is 12.0. The van der Waals surface area contributed by atoms with Crippen LogP contribution in [0.15, 0.2) is 34.6 Å². The van der Waals surface area contributed by atoms with E-state index in [4.69, 9.17) is 14.0 Å². The van der Waals surface area contributed by atoms with Crippen LogP contribution in [-0.2, 0) is 13.0 Å². The normalized spacial score (nSPS) is 19.1. The van der Waals surface area contributed by atoms with Crippen molar-refractivity contribution in [1.29, 1.82) is 0 Å². The number of rotatable bonds is 8. The van der Waals surface area contributed by atoms with Crippen LogP contribution in [0.2, 0.25) is 0 Å². The monoisotopic (exact) mass is 482 g/mol. The standard InChI is InChI=1S/C26H34N4O5/c1-7-28(24(31)21-15-27-35-17(21)3)12-11-26(4)23-10-9-20-18(13-19(33-5)14-22(20)34-6)16-29(23)25(32)30(26)8-2/h10,13-15H,7-9,11-12,16H2,1-6H3. The number of hydrogen-bond donors (Lipinski definition) is 0. The minimum absolute atomic E-state index is 0.0276. The molecule has 9 heteroatoms. The fourth-order valence-corrected chi connectivity index (χ4v) is 5.27. The van der Waals surface area contributed by atoms with Crippen molar-refractivity contribution >= 4 is 11.9 Å². The Kier molecular flexibility index (Phi) is 6.78. The molecule has 4 rings (SSSR count). The summed E-state index contributed by atoms with van der Waals surface area (Å²) in [5, 5.41) is 3.75. The maximum atomic E-state index is 13.6. The van der Waals surface area contributed by atoms with Crippen LogP contribution in [0.4, 0.5) is 4.79 Å². The lowest BCUT2D eigenvalue weighted by Gasteiger charge is -2.36. The van der Waals surface area contributed by atoms with Gasteiger partial charge in [0, 0.05) is 37.0 Å². The van der Waals surface area contributed by atoms with Crippen molar-refractivity contribution in [3.8, 4) is 11.5 Å². The summed E-state index contributed by atoms with van der Waals surface area (Å²) in [6, 6.07) is 3.83. The lowest BCUT2D eigenvalue weighted by atomic mass is 9.91. The number of likely N-dealkylation sites (N-methyl/N-ethyl adjacent to an activating group) is 1. The van der Waals surface area contributed by atoms with Gasteiger partial charge < -0.3 is 23.8 Å². The number of urea groups is 1. The first-order chi connectivity index (χ1) is 16.8. The summed E-state index contributed by atoms with van der Waals surface area (Å²) in [5.41, 5.74) is 2.95. The number of ether oxygens (including phenoxy) is 2. The molecular weight excluding hydrogens is 448 g/mol. The molecule has 0 N–H and O–H groups in total. The van der Waals surface area contributed by atoms with Gasteiger partial charge in [-0.1, -0.05) is 11.2 Å². The maximum absolute atomic E-state index is 13.6. The van der Waals surface area contributed by atoms with Gasteiger partial charge in [0.1, 0.15) is 22.8 Å². The van der Waals surface area contributed by atoms with Gasteiger partial charge in [-0.05, 0) is 52.2 Å². The molecule has 1 fully saturated rings. The first-order valence-corrected chi connectivity index (χ1v) is 12.0. The summed E-state index contributed by atoms with van der Waals surface area (Å²) in [5.74, 6) is 1.85. The SMILES string of the molecule is CCN(CCC1(C)C2=CCc3c(cc(OC)cc3OC)CN2C(=O)N1CC)C(=O)c1cnoc1C. The van der Waals surface area contributed by atoms with Gasteiger partial charge in [0.25, 0.3) is 5.91 Å². The smallest absolute Gasteiger partial charge is 0.325 e. The Morgan fingerprint density at radius 2 is 2.03 bits per heavy atom. The average Bonchev–Trinajstić information content (AvgIpc) is 3.28. The van der Waals surface area contributed by atoms with E-state index >= 15 is 0 Å². The zero-order chi connectivity index (χ0) is 25.3. The Morgan fingerprint density at radius 1 is 1.26 bits per heavy atom. The molecular formula is C26H34N4O5. The zero-order valence-electron chi connectivity index (χ0n) is 21.4. The van der Waals surface area contributed by atoms with E-state index in [1.165, 1.54) is 6.20 Å². The van der Waals surface area contributed by atoms with E-state index in [9.17, 15) is 9.59 Å². The van der Waals surface area contributed by atoms with E-state index < -0.39 is 5.54 Å². The highest BCUT2D eigenvalue weighted by Crippen LogP contribution is 2.43. The number of hydrogen-bond acceptors (Lipinski definition) is 6. The second-order valence-corrected chi connectivity index (χ2v) is 9.08. The highest BCUT2D eigenvalue weighted by atomic mass is 16.5. The summed E-state index contributed by atoms with van der Waals surface area (Å²) >= 11 is 0. The predicted molar refractivity (Wildman–Crippen MR) is 130 cm³/mol. The molecule has 2 aliphatic heterocycles. The van der Waals surface area contributed by atoms with Crippen LogP contribution in [-0.4, -0.2) is 71.2 Å². The summed E-state index contributed by atoms with van der Waals surface area (Å²) in [6.07, 6.45) is 4.85. The number of allylic oxidation sites excluding steroid dienone is 1. The van der Waals surface area contributed by atoms with E-state index in [1.54, 1.807) is 26.0 Å². The van der Waals surface area contributed by atoms with Gasteiger partial charge in [0.2, 0.25) is 0 Å². The van der Waals surface area contributed by atoms with Crippen LogP contribution >= 0.6 is 0 Å². The van der Waals surface area contributed by atoms with Gasteiger partial charge in [-0.25, -0.2) is 4.79 Å². The lowest BCUT2D eigenvalue weighted by molar-refractivity contribution is 0.0737. The number of amides is 3. The average molecular weight is 483 g/mol. The molecule has 9 nitrogen and oxygen atoms in total. The van der Waals surface area contributed by atoms with E-state index in [0.717, 1.165) is 22.6 Å². The molecule has 0 radical (unpaired) electrons. The van der Waals surface area contributed by atoms with Crippen molar-refractivity contribution in [1.82, 2.24) is 19.9 Å². The molecule has 1 unspecified atom stereocenters. The molecule has 0 aliphatic carbocycles. The molecule has 1 aromatic carbocycles. The van der Waals surface area contributed by atoms with Crippen LogP contribution in [0.1, 0.15) is 54.4 Å². The molecule has 0 saturated carbocycles. The number of carbonyl (C=O) groups is 2. The zero-order valence-corrected chi connectivity index (χ0v) is 21.4. The molecule has 188 valence electrons. The molecule has 1 aromatic heterocycles. The Morgan fingerprint density at radius 3 is 2.63 bits per heavy atom. The third kappa shape index (κ3) is 4.13. The topological polar surface area (TPSA) is 88.4 Å². The minimum Gasteiger partial charge on any atom is -0.497 e. The summed E-state index contributed by atoms with van der Waals surface area (Å²) in [6.45, 7) is 9.83. The van der Waals surface area contributed by atoms with E-state index in [0.29, 0.717) is 56.1 Å². The second-order valence-electron chi connectivity index (χ2n) is 9.08. The third-order valence-corrected chi connectivity index (χ3v) is 7.29. The van der Waals surface area contributed by atoms with Gasteiger partial charge in [-0.3, -0.25) is 9.69 Å². The second kappa shape index (κ2) is 9.64. The van der Waals surface area contributed by atoms with Gasteiger partial charge in [-0.2, -0.15) is 0 Å². The van der Waals surface area contributed by atoms with Gasteiger partial charge in [0.15, 0.2) is 0 Å². The fourth-order valence-electron chi connectivity index (χ4n) is 5.27. The Hall–Kier alpha value is -3.49. The molecule has 0 bridgehead atoms. The van der Waals surface area contributed by atoms with E-state index in [-0.39, 0.29) is 11.9 Å². The number of carbonyl (C=O) groups excluding carboxylic acids is 2. The Bertz CT molecular complexity index is 1160. The van der Waals surface area contributed by atoms with Crippen molar-refractivity contribution in [3.05, 3.63) is 52.6 Å². The van der Waals surface area contributed by atoms with Crippen LogP contribution in [0, 0.1) is 6.92 Å². The van der Waals surface area contributed by atoms with Crippen molar-refractivity contribution in [3.63, 3.8) is 0 Å². The molecule has 2 aromatic rings. The molecule has 3 heterocycles. The summed E-state index contributed by atoms with van der Waals surface area (Å²) in [7, 11) is 3.27. The van der Waals surface area contributed by atoms with E-state index in [1.807, 2.05) is 35.8 Å². The Labute approximate surface area is 206 Å². The minimum atomic E-state index is -0.553.